The van der Waals surface area contributed by atoms with E-state index in [0.717, 1.165) is 0 Å². The van der Waals surface area contributed by atoms with Crippen LogP contribution in [0.1, 0.15) is 19.8 Å². The van der Waals surface area contributed by atoms with Crippen LogP contribution in [0, 0.1) is 0 Å². The molecule has 88 valence electrons. The molecule has 0 bridgehead atoms. The van der Waals surface area contributed by atoms with Gasteiger partial charge in [-0.15, -0.1) is 0 Å². The van der Waals surface area contributed by atoms with E-state index in [4.69, 9.17) is 28.3 Å². The highest BCUT2D eigenvalue weighted by molar-refractivity contribution is 6.42. The van der Waals surface area contributed by atoms with Gasteiger partial charge in [0.25, 0.3) is 0 Å². The molecule has 1 rings (SSSR count). The number of rotatable bonds is 4. The molecule has 0 saturated heterocycles. The van der Waals surface area contributed by atoms with Crippen LogP contribution in [-0.4, -0.2) is 27.1 Å². The average Bonchev–Trinajstić information content (AvgIpc) is 2.22. The van der Waals surface area contributed by atoms with Gasteiger partial charge in [0.1, 0.15) is 11.3 Å². The standard InChI is InChI=1S/C9H11Cl2N3O2/c1-5(15)2-3-6(16)14-9-7(10)8(11)12-4-13-9/h4-5,15H,2-3H2,1H3,(H,12,13,14,16). The van der Waals surface area contributed by atoms with Gasteiger partial charge in [0.15, 0.2) is 11.0 Å². The zero-order chi connectivity index (χ0) is 12.1. The van der Waals surface area contributed by atoms with Gasteiger partial charge >= 0.3 is 0 Å². The van der Waals surface area contributed by atoms with E-state index < -0.39 is 6.10 Å². The van der Waals surface area contributed by atoms with Crippen molar-refractivity contribution in [2.75, 3.05) is 5.32 Å². The number of nitrogens with zero attached hydrogens (tertiary/aromatic N) is 2. The smallest absolute Gasteiger partial charge is 0.225 e. The second-order valence-electron chi connectivity index (χ2n) is 3.26. The molecule has 0 spiro atoms. The molecule has 0 aromatic carbocycles. The first-order chi connectivity index (χ1) is 7.50. The zero-order valence-corrected chi connectivity index (χ0v) is 10.1. The highest BCUT2D eigenvalue weighted by Crippen LogP contribution is 2.25. The Morgan fingerprint density at radius 3 is 2.88 bits per heavy atom. The van der Waals surface area contributed by atoms with Crippen LogP contribution in [0.25, 0.3) is 0 Å². The Morgan fingerprint density at radius 1 is 1.56 bits per heavy atom. The number of carbonyl (C=O) groups is 1. The van der Waals surface area contributed by atoms with Crippen LogP contribution in [0.4, 0.5) is 5.82 Å². The molecule has 5 nitrogen and oxygen atoms in total. The van der Waals surface area contributed by atoms with Crippen molar-refractivity contribution in [3.63, 3.8) is 0 Å². The number of aliphatic hydroxyl groups is 1. The van der Waals surface area contributed by atoms with Crippen molar-refractivity contribution in [1.29, 1.82) is 0 Å². The summed E-state index contributed by atoms with van der Waals surface area (Å²) in [5.74, 6) is -0.102. The summed E-state index contributed by atoms with van der Waals surface area (Å²) in [4.78, 5) is 18.8. The van der Waals surface area contributed by atoms with E-state index in [0.29, 0.717) is 6.42 Å². The van der Waals surface area contributed by atoms with E-state index in [2.05, 4.69) is 15.3 Å². The van der Waals surface area contributed by atoms with Crippen molar-refractivity contribution in [1.82, 2.24) is 9.97 Å². The molecule has 0 aliphatic rings. The Kier molecular flexibility index (Phi) is 4.92. The summed E-state index contributed by atoms with van der Waals surface area (Å²) in [5.41, 5.74) is 0. The molecule has 7 heteroatoms. The monoisotopic (exact) mass is 263 g/mol. The lowest BCUT2D eigenvalue weighted by Gasteiger charge is -2.07. The number of carbonyl (C=O) groups excluding carboxylic acids is 1. The van der Waals surface area contributed by atoms with Gasteiger partial charge in [0, 0.05) is 6.42 Å². The minimum absolute atomic E-state index is 0.0856. The van der Waals surface area contributed by atoms with Crippen molar-refractivity contribution in [3.8, 4) is 0 Å². The van der Waals surface area contributed by atoms with Gasteiger partial charge in [-0.1, -0.05) is 23.2 Å². The third-order valence-electron chi connectivity index (χ3n) is 1.79. The summed E-state index contributed by atoms with van der Waals surface area (Å²) >= 11 is 11.4. The lowest BCUT2D eigenvalue weighted by atomic mass is 10.2. The first-order valence-corrected chi connectivity index (χ1v) is 5.40. The van der Waals surface area contributed by atoms with Gasteiger partial charge in [0.2, 0.25) is 5.91 Å². The number of anilines is 1. The third-order valence-corrected chi connectivity index (χ3v) is 2.54. The van der Waals surface area contributed by atoms with Crippen molar-refractivity contribution < 1.29 is 9.90 Å². The summed E-state index contributed by atoms with van der Waals surface area (Å²) in [5, 5.41) is 11.7. The van der Waals surface area contributed by atoms with Gasteiger partial charge in [-0.25, -0.2) is 9.97 Å². The fraction of sp³-hybridized carbons (Fsp3) is 0.444. The molecule has 0 fully saturated rings. The maximum absolute atomic E-state index is 11.4. The van der Waals surface area contributed by atoms with Crippen molar-refractivity contribution in [2.45, 2.75) is 25.9 Å². The van der Waals surface area contributed by atoms with Crippen LogP contribution in [0.5, 0.6) is 0 Å². The Morgan fingerprint density at radius 2 is 2.25 bits per heavy atom. The molecule has 0 aliphatic carbocycles. The lowest BCUT2D eigenvalue weighted by molar-refractivity contribution is -0.116. The molecule has 0 saturated carbocycles. The van der Waals surface area contributed by atoms with Crippen LogP contribution in [0.3, 0.4) is 0 Å². The number of amides is 1. The second kappa shape index (κ2) is 5.98. The zero-order valence-electron chi connectivity index (χ0n) is 8.57. The summed E-state index contributed by atoms with van der Waals surface area (Å²) in [6.45, 7) is 1.61. The van der Waals surface area contributed by atoms with E-state index in [9.17, 15) is 4.79 Å². The second-order valence-corrected chi connectivity index (χ2v) is 4.00. The molecular formula is C9H11Cl2N3O2. The summed E-state index contributed by atoms with van der Waals surface area (Å²) in [7, 11) is 0. The highest BCUT2D eigenvalue weighted by Gasteiger charge is 2.11. The quantitative estimate of drug-likeness (QED) is 0.814. The van der Waals surface area contributed by atoms with Crippen LogP contribution >= 0.6 is 23.2 Å². The van der Waals surface area contributed by atoms with Crippen LogP contribution < -0.4 is 5.32 Å². The molecule has 0 aliphatic heterocycles. The van der Waals surface area contributed by atoms with Gasteiger partial charge < -0.3 is 10.4 Å². The van der Waals surface area contributed by atoms with E-state index in [1.54, 1.807) is 6.92 Å². The van der Waals surface area contributed by atoms with E-state index in [1.807, 2.05) is 0 Å². The predicted molar refractivity (Wildman–Crippen MR) is 61.6 cm³/mol. The molecule has 0 radical (unpaired) electrons. The number of halogens is 2. The normalized spacial score (nSPS) is 12.2. The predicted octanol–water partition coefficient (Wildman–Crippen LogP) is 1.88. The summed E-state index contributed by atoms with van der Waals surface area (Å²) < 4.78 is 0. The average molecular weight is 264 g/mol. The summed E-state index contributed by atoms with van der Waals surface area (Å²) in [6.07, 6.45) is 1.26. The first kappa shape index (κ1) is 13.2. The van der Waals surface area contributed by atoms with Crippen molar-refractivity contribution in [2.24, 2.45) is 0 Å². The molecule has 1 aromatic heterocycles. The Bertz CT molecular complexity index is 385. The molecule has 2 N–H and O–H groups in total. The minimum atomic E-state index is -0.518. The Labute approximate surface area is 103 Å². The maximum atomic E-state index is 11.4. The minimum Gasteiger partial charge on any atom is -0.393 e. The van der Waals surface area contributed by atoms with E-state index in [-0.39, 0.29) is 28.3 Å². The highest BCUT2D eigenvalue weighted by atomic mass is 35.5. The number of aliphatic hydroxyl groups excluding tert-OH is 1. The van der Waals surface area contributed by atoms with Gasteiger partial charge in [-0.3, -0.25) is 4.79 Å². The maximum Gasteiger partial charge on any atom is 0.225 e. The molecule has 1 heterocycles. The van der Waals surface area contributed by atoms with Crippen LogP contribution in [-0.2, 0) is 4.79 Å². The van der Waals surface area contributed by atoms with E-state index >= 15 is 0 Å². The Hall–Kier alpha value is -0.910. The van der Waals surface area contributed by atoms with Gasteiger partial charge in [-0.2, -0.15) is 0 Å². The van der Waals surface area contributed by atoms with Crippen molar-refractivity contribution >= 4 is 34.9 Å². The lowest BCUT2D eigenvalue weighted by Crippen LogP contribution is -2.15. The van der Waals surface area contributed by atoms with Gasteiger partial charge in [0.05, 0.1) is 6.10 Å². The van der Waals surface area contributed by atoms with Crippen molar-refractivity contribution in [3.05, 3.63) is 16.5 Å². The first-order valence-electron chi connectivity index (χ1n) is 4.64. The summed E-state index contributed by atoms with van der Waals surface area (Å²) in [6, 6.07) is 0. The van der Waals surface area contributed by atoms with Crippen LogP contribution in [0.2, 0.25) is 10.2 Å². The SMILES string of the molecule is CC(O)CCC(=O)Nc1ncnc(Cl)c1Cl. The van der Waals surface area contributed by atoms with Gasteiger partial charge in [-0.05, 0) is 13.3 Å². The molecule has 1 aromatic rings. The molecule has 1 unspecified atom stereocenters. The fourth-order valence-corrected chi connectivity index (χ4v) is 1.25. The molecular weight excluding hydrogens is 253 g/mol. The Balaban J connectivity index is 2.59. The van der Waals surface area contributed by atoms with E-state index in [1.165, 1.54) is 6.33 Å². The molecule has 16 heavy (non-hydrogen) atoms. The molecule has 1 atom stereocenters. The topological polar surface area (TPSA) is 75.1 Å². The largest absolute Gasteiger partial charge is 0.393 e. The third kappa shape index (κ3) is 3.92. The number of nitrogens with one attached hydrogen (secondary N) is 1. The fourth-order valence-electron chi connectivity index (χ4n) is 0.970. The number of hydrogen-bond acceptors (Lipinski definition) is 4. The molecule has 1 amide bonds. The number of hydrogen-bond donors (Lipinski definition) is 2. The van der Waals surface area contributed by atoms with Crippen LogP contribution in [0.15, 0.2) is 6.33 Å². The number of aromatic nitrogens is 2.